The van der Waals surface area contributed by atoms with Gasteiger partial charge in [-0.3, -0.25) is 0 Å². The number of nitriles is 1. The van der Waals surface area contributed by atoms with E-state index in [2.05, 4.69) is 21.6 Å². The third-order valence-electron chi connectivity index (χ3n) is 5.19. The highest BCUT2D eigenvalue weighted by molar-refractivity contribution is 5.89. The van der Waals surface area contributed by atoms with E-state index in [0.29, 0.717) is 5.89 Å². The van der Waals surface area contributed by atoms with E-state index in [9.17, 15) is 5.26 Å². The number of hydrogen-bond donors (Lipinski definition) is 1. The molecular weight excluding hydrogens is 440 g/mol. The van der Waals surface area contributed by atoms with E-state index in [1.807, 2.05) is 94.0 Å². The summed E-state index contributed by atoms with van der Waals surface area (Å²) in [6.07, 6.45) is 3.67. The number of aryl methyl sites for hydroxylation is 1. The predicted molar refractivity (Wildman–Crippen MR) is 136 cm³/mol. The Hall–Kier alpha value is -4.38. The van der Waals surface area contributed by atoms with Crippen LogP contribution < -0.4 is 10.2 Å². The van der Waals surface area contributed by atoms with Crippen LogP contribution >= 0.6 is 0 Å². The summed E-state index contributed by atoms with van der Waals surface area (Å²) in [5.41, 5.74) is 7.44. The lowest BCUT2D eigenvalue weighted by molar-refractivity contribution is 0.241. The lowest BCUT2D eigenvalue weighted by Gasteiger charge is -2.13. The monoisotopic (exact) mass is 468 g/mol. The first-order valence-electron chi connectivity index (χ1n) is 11.5. The number of ether oxygens (including phenoxy) is 1. The molecule has 0 spiro atoms. The molecule has 0 unspecified atom stereocenters. The highest BCUT2D eigenvalue weighted by Crippen LogP contribution is 2.29. The molecule has 0 aliphatic rings. The Labute approximate surface area is 204 Å². The summed E-state index contributed by atoms with van der Waals surface area (Å²) >= 11 is 0. The van der Waals surface area contributed by atoms with Crippen molar-refractivity contribution in [1.29, 1.82) is 5.26 Å². The Morgan fingerprint density at radius 3 is 2.57 bits per heavy atom. The summed E-state index contributed by atoms with van der Waals surface area (Å²) in [7, 11) is 0. The molecule has 2 aromatic heterocycles. The maximum absolute atomic E-state index is 9.37. The molecule has 0 saturated heterocycles. The summed E-state index contributed by atoms with van der Waals surface area (Å²) in [4.78, 5) is 4.21. The zero-order chi connectivity index (χ0) is 24.9. The topological polar surface area (TPSA) is 101 Å². The number of nitrogens with zero attached hydrogens (tertiary/aromatic N) is 5. The molecule has 0 saturated carbocycles. The van der Waals surface area contributed by atoms with Crippen LogP contribution in [0.4, 0.5) is 5.88 Å². The standard InChI is InChI=1S/C27H28N6O2/c1-17(2)26-30-23(14-28)27(35-26)31-29-15-21-16-33(22-9-7-6-8-10-22)32-25(21)20-11-12-24(19(5)13-20)34-18(3)4/h6-13,15-18,31H,1-5H3/b29-15+. The molecule has 8 heteroatoms. The molecule has 0 aliphatic carbocycles. The molecule has 0 radical (unpaired) electrons. The van der Waals surface area contributed by atoms with Gasteiger partial charge in [-0.1, -0.05) is 32.0 Å². The molecule has 0 amide bonds. The van der Waals surface area contributed by atoms with Crippen LogP contribution in [0.25, 0.3) is 16.9 Å². The average Bonchev–Trinajstić information content (AvgIpc) is 3.45. The molecule has 0 atom stereocenters. The SMILES string of the molecule is Cc1cc(-c2nn(-c3ccccc3)cc2/C=N/Nc2oc(C(C)C)nc2C#N)ccc1OC(C)C. The van der Waals surface area contributed by atoms with Crippen LogP contribution in [0.1, 0.15) is 56.3 Å². The summed E-state index contributed by atoms with van der Waals surface area (Å²) in [6, 6.07) is 17.9. The van der Waals surface area contributed by atoms with E-state index < -0.39 is 0 Å². The van der Waals surface area contributed by atoms with Gasteiger partial charge in [0.2, 0.25) is 11.6 Å². The maximum Gasteiger partial charge on any atom is 0.252 e. The molecule has 2 aromatic carbocycles. The van der Waals surface area contributed by atoms with Crippen molar-refractivity contribution < 1.29 is 9.15 Å². The summed E-state index contributed by atoms with van der Waals surface area (Å²) < 4.78 is 13.4. The number of aromatic nitrogens is 3. The minimum atomic E-state index is 0.0585. The van der Waals surface area contributed by atoms with Crippen molar-refractivity contribution in [2.24, 2.45) is 5.10 Å². The van der Waals surface area contributed by atoms with Crippen LogP contribution in [-0.4, -0.2) is 27.1 Å². The van der Waals surface area contributed by atoms with Gasteiger partial charge in [0.15, 0.2) is 0 Å². The first kappa shape index (κ1) is 23.8. The van der Waals surface area contributed by atoms with Crippen molar-refractivity contribution in [1.82, 2.24) is 14.8 Å². The number of nitrogens with one attached hydrogen (secondary N) is 1. The minimum absolute atomic E-state index is 0.0585. The number of oxazole rings is 1. The van der Waals surface area contributed by atoms with E-state index in [1.165, 1.54) is 0 Å². The van der Waals surface area contributed by atoms with Crippen molar-refractivity contribution in [3.8, 4) is 28.8 Å². The van der Waals surface area contributed by atoms with Crippen molar-refractivity contribution in [2.45, 2.75) is 46.6 Å². The van der Waals surface area contributed by atoms with Crippen LogP contribution in [-0.2, 0) is 0 Å². The minimum Gasteiger partial charge on any atom is -0.491 e. The summed E-state index contributed by atoms with van der Waals surface area (Å²) in [5.74, 6) is 1.60. The normalized spacial score (nSPS) is 11.4. The second-order valence-electron chi connectivity index (χ2n) is 8.73. The fourth-order valence-electron chi connectivity index (χ4n) is 3.50. The van der Waals surface area contributed by atoms with Crippen LogP contribution in [0, 0.1) is 18.3 Å². The fourth-order valence-corrected chi connectivity index (χ4v) is 3.50. The number of rotatable bonds is 8. The van der Waals surface area contributed by atoms with Crippen molar-refractivity contribution in [3.05, 3.63) is 77.4 Å². The predicted octanol–water partition coefficient (Wildman–Crippen LogP) is 6.06. The third-order valence-corrected chi connectivity index (χ3v) is 5.19. The highest BCUT2D eigenvalue weighted by atomic mass is 16.5. The fraction of sp³-hybridized carbons (Fsp3) is 0.259. The van der Waals surface area contributed by atoms with Crippen LogP contribution in [0.2, 0.25) is 0 Å². The van der Waals surface area contributed by atoms with Gasteiger partial charge in [-0.2, -0.15) is 15.5 Å². The molecule has 0 fully saturated rings. The number of benzene rings is 2. The number of hydrogen-bond acceptors (Lipinski definition) is 7. The van der Waals surface area contributed by atoms with E-state index in [1.54, 1.807) is 6.21 Å². The van der Waals surface area contributed by atoms with Gasteiger partial charge in [-0.15, -0.1) is 0 Å². The van der Waals surface area contributed by atoms with Gasteiger partial charge >= 0.3 is 0 Å². The Balaban J connectivity index is 1.69. The van der Waals surface area contributed by atoms with E-state index in [4.69, 9.17) is 14.3 Å². The highest BCUT2D eigenvalue weighted by Gasteiger charge is 2.16. The third kappa shape index (κ3) is 5.41. The Kier molecular flexibility index (Phi) is 6.97. The summed E-state index contributed by atoms with van der Waals surface area (Å²) in [6.45, 7) is 9.93. The van der Waals surface area contributed by atoms with Crippen molar-refractivity contribution >= 4 is 12.1 Å². The van der Waals surface area contributed by atoms with Gasteiger partial charge in [0.1, 0.15) is 17.5 Å². The molecule has 0 aliphatic heterocycles. The quantitative estimate of drug-likeness (QED) is 0.249. The van der Waals surface area contributed by atoms with Crippen LogP contribution in [0.5, 0.6) is 5.75 Å². The molecular formula is C27H28N6O2. The molecule has 35 heavy (non-hydrogen) atoms. The number of anilines is 1. The lowest BCUT2D eigenvalue weighted by Crippen LogP contribution is -2.06. The zero-order valence-corrected chi connectivity index (χ0v) is 20.5. The van der Waals surface area contributed by atoms with Crippen molar-refractivity contribution in [2.75, 3.05) is 5.43 Å². The van der Waals surface area contributed by atoms with Crippen molar-refractivity contribution in [3.63, 3.8) is 0 Å². The Bertz CT molecular complexity index is 1380. The second kappa shape index (κ2) is 10.3. The van der Waals surface area contributed by atoms with E-state index in [-0.39, 0.29) is 23.6 Å². The largest absolute Gasteiger partial charge is 0.491 e. The van der Waals surface area contributed by atoms with Crippen LogP contribution in [0.3, 0.4) is 0 Å². The van der Waals surface area contributed by atoms with Crippen LogP contribution in [0.15, 0.2) is 64.2 Å². The number of hydrazone groups is 1. The molecule has 4 rings (SSSR count). The first-order chi connectivity index (χ1) is 16.9. The zero-order valence-electron chi connectivity index (χ0n) is 20.5. The van der Waals surface area contributed by atoms with Gasteiger partial charge in [-0.25, -0.2) is 15.1 Å². The lowest BCUT2D eigenvalue weighted by atomic mass is 10.1. The van der Waals surface area contributed by atoms with Gasteiger partial charge in [-0.05, 0) is 56.7 Å². The van der Waals surface area contributed by atoms with E-state index >= 15 is 0 Å². The van der Waals surface area contributed by atoms with E-state index in [0.717, 1.165) is 33.8 Å². The number of para-hydroxylation sites is 1. The molecule has 2 heterocycles. The second-order valence-corrected chi connectivity index (χ2v) is 8.73. The van der Waals surface area contributed by atoms with Gasteiger partial charge in [0.25, 0.3) is 5.88 Å². The molecule has 0 bridgehead atoms. The van der Waals surface area contributed by atoms with Gasteiger partial charge < -0.3 is 9.15 Å². The molecule has 4 aromatic rings. The van der Waals surface area contributed by atoms with Gasteiger partial charge in [0.05, 0.1) is 18.0 Å². The maximum atomic E-state index is 9.37. The summed E-state index contributed by atoms with van der Waals surface area (Å²) in [5, 5.41) is 18.5. The molecule has 8 nitrogen and oxygen atoms in total. The molecule has 178 valence electrons. The molecule has 1 N–H and O–H groups in total. The first-order valence-corrected chi connectivity index (χ1v) is 11.5. The average molecular weight is 469 g/mol. The smallest absolute Gasteiger partial charge is 0.252 e. The Morgan fingerprint density at radius 2 is 1.91 bits per heavy atom. The van der Waals surface area contributed by atoms with Gasteiger partial charge in [0, 0.05) is 23.2 Å². The Morgan fingerprint density at radius 1 is 1.14 bits per heavy atom.